The Morgan fingerprint density at radius 2 is 1.96 bits per heavy atom. The predicted molar refractivity (Wildman–Crippen MR) is 104 cm³/mol. The smallest absolute Gasteiger partial charge is 0.293 e. The molecule has 1 rings (SSSR count). The van der Waals surface area contributed by atoms with Gasteiger partial charge in [0.1, 0.15) is 11.9 Å². The maximum absolute atomic E-state index is 11.9. The largest absolute Gasteiger partial charge is 0.464 e. The second-order valence-corrected chi connectivity index (χ2v) is 6.47. The highest BCUT2D eigenvalue weighted by molar-refractivity contribution is 5.89. The molecule has 149 valence electrons. The van der Waals surface area contributed by atoms with Crippen molar-refractivity contribution in [3.8, 4) is 0 Å². The summed E-state index contributed by atoms with van der Waals surface area (Å²) < 4.78 is 10.5. The van der Waals surface area contributed by atoms with Gasteiger partial charge in [0.15, 0.2) is 0 Å². The fraction of sp³-hybridized carbons (Fsp3) is 0.500. The van der Waals surface area contributed by atoms with Crippen molar-refractivity contribution in [3.63, 3.8) is 0 Å². The van der Waals surface area contributed by atoms with E-state index in [1.54, 1.807) is 12.8 Å². The molecule has 0 bridgehead atoms. The Bertz CT molecular complexity index is 503. The molecule has 0 aliphatic heterocycles. The maximum atomic E-state index is 11.9. The molecule has 27 heavy (non-hydrogen) atoms. The third kappa shape index (κ3) is 12.3. The van der Waals surface area contributed by atoms with Crippen LogP contribution in [-0.2, 0) is 25.7 Å². The summed E-state index contributed by atoms with van der Waals surface area (Å²) >= 11 is 0. The van der Waals surface area contributed by atoms with Crippen LogP contribution in [0.2, 0.25) is 0 Å². The molecule has 0 fully saturated rings. The van der Waals surface area contributed by atoms with Crippen LogP contribution < -0.4 is 0 Å². The summed E-state index contributed by atoms with van der Waals surface area (Å²) in [6, 6.07) is 9.80. The third-order valence-electron chi connectivity index (χ3n) is 4.07. The van der Waals surface area contributed by atoms with E-state index in [0.717, 1.165) is 31.2 Å². The molecule has 0 unspecified atom stereocenters. The molecule has 1 aromatic carbocycles. The monoisotopic (exact) mass is 375 g/mol. The molecule has 0 saturated carbocycles. The summed E-state index contributed by atoms with van der Waals surface area (Å²) in [6.45, 7) is 3.43. The van der Waals surface area contributed by atoms with E-state index >= 15 is 0 Å². The average molecular weight is 375 g/mol. The molecule has 0 saturated heterocycles. The Morgan fingerprint density at radius 3 is 2.67 bits per heavy atom. The Labute approximate surface area is 163 Å². The summed E-state index contributed by atoms with van der Waals surface area (Å²) in [5.74, 6) is -0.166. The lowest BCUT2D eigenvalue weighted by Gasteiger charge is -2.14. The van der Waals surface area contributed by atoms with Gasteiger partial charge in [-0.1, -0.05) is 50.1 Å². The van der Waals surface area contributed by atoms with Gasteiger partial charge in [-0.3, -0.25) is 9.59 Å². The zero-order valence-corrected chi connectivity index (χ0v) is 16.1. The van der Waals surface area contributed by atoms with Gasteiger partial charge in [0.05, 0.1) is 12.7 Å². The van der Waals surface area contributed by atoms with Crippen LogP contribution in [0.5, 0.6) is 0 Å². The van der Waals surface area contributed by atoms with Crippen molar-refractivity contribution < 1.29 is 24.2 Å². The SMILES string of the molecule is CCCCC[C@H]([CH][CH][CH]C(=O)C[C@@H](O)CCOCc1ccccc1)OC=O. The number of carbonyl (C=O) groups excluding carboxylic acids is 2. The number of hydrogen-bond donors (Lipinski definition) is 1. The first-order chi connectivity index (χ1) is 13.2. The standard InChI is InChI=1S/C22H31O5/c1-2-3-5-12-22(27-18-23)13-8-11-20(24)16-21(25)14-15-26-17-19-9-6-4-7-10-19/h4,6-11,13,18,21-22,25H,2-3,5,12,14-17H2,1H3/t21-,22+/m0/s1. The van der Waals surface area contributed by atoms with E-state index in [-0.39, 0.29) is 18.3 Å². The highest BCUT2D eigenvalue weighted by atomic mass is 16.5. The fourth-order valence-electron chi connectivity index (χ4n) is 2.55. The van der Waals surface area contributed by atoms with Crippen molar-refractivity contribution in [2.75, 3.05) is 6.61 Å². The van der Waals surface area contributed by atoms with Crippen LogP contribution in [-0.4, -0.2) is 36.2 Å². The first kappa shape index (κ1) is 23.3. The maximum Gasteiger partial charge on any atom is 0.293 e. The van der Waals surface area contributed by atoms with Crippen LogP contribution in [0.15, 0.2) is 30.3 Å². The number of rotatable bonds is 17. The molecule has 0 spiro atoms. The van der Waals surface area contributed by atoms with Gasteiger partial charge in [-0.15, -0.1) is 0 Å². The molecule has 1 N–H and O–H groups in total. The van der Waals surface area contributed by atoms with Crippen molar-refractivity contribution in [3.05, 3.63) is 55.2 Å². The predicted octanol–water partition coefficient (Wildman–Crippen LogP) is 3.65. The normalized spacial score (nSPS) is 13.1. The van der Waals surface area contributed by atoms with Crippen LogP contribution in [0, 0.1) is 19.3 Å². The summed E-state index contributed by atoms with van der Waals surface area (Å²) in [5, 5.41) is 9.94. The Balaban J connectivity index is 2.10. The topological polar surface area (TPSA) is 72.8 Å². The Hall–Kier alpha value is -1.72. The van der Waals surface area contributed by atoms with E-state index in [1.807, 2.05) is 30.3 Å². The highest BCUT2D eigenvalue weighted by Gasteiger charge is 2.14. The first-order valence-electron chi connectivity index (χ1n) is 9.59. The van der Waals surface area contributed by atoms with Crippen molar-refractivity contribution in [1.29, 1.82) is 0 Å². The number of aliphatic hydroxyl groups excluding tert-OH is 1. The molecule has 0 aromatic heterocycles. The van der Waals surface area contributed by atoms with Gasteiger partial charge in [0, 0.05) is 25.9 Å². The number of hydrogen-bond acceptors (Lipinski definition) is 5. The van der Waals surface area contributed by atoms with Crippen LogP contribution in [0.3, 0.4) is 0 Å². The summed E-state index contributed by atoms with van der Waals surface area (Å²) in [4.78, 5) is 22.4. The van der Waals surface area contributed by atoms with E-state index in [2.05, 4.69) is 6.92 Å². The van der Waals surface area contributed by atoms with Gasteiger partial charge in [-0.2, -0.15) is 0 Å². The minimum absolute atomic E-state index is 0.0497. The van der Waals surface area contributed by atoms with Gasteiger partial charge in [0.25, 0.3) is 6.47 Å². The van der Waals surface area contributed by atoms with Crippen molar-refractivity contribution in [1.82, 2.24) is 0 Å². The average Bonchev–Trinajstić information content (AvgIpc) is 2.66. The highest BCUT2D eigenvalue weighted by Crippen LogP contribution is 2.12. The minimum Gasteiger partial charge on any atom is -0.464 e. The van der Waals surface area contributed by atoms with E-state index in [0.29, 0.717) is 26.1 Å². The molecule has 1 aromatic rings. The second-order valence-electron chi connectivity index (χ2n) is 6.47. The van der Waals surface area contributed by atoms with Crippen LogP contribution in [0.1, 0.15) is 51.0 Å². The molecule has 0 aliphatic rings. The van der Waals surface area contributed by atoms with E-state index < -0.39 is 6.10 Å². The first-order valence-corrected chi connectivity index (χ1v) is 9.59. The zero-order valence-electron chi connectivity index (χ0n) is 16.1. The molecule has 2 atom stereocenters. The summed E-state index contributed by atoms with van der Waals surface area (Å²) in [5.41, 5.74) is 1.08. The molecule has 3 radical (unpaired) electrons. The molecular formula is C22H31O5. The number of carbonyl (C=O) groups is 2. The van der Waals surface area contributed by atoms with Crippen molar-refractivity contribution >= 4 is 12.3 Å². The number of aliphatic hydroxyl groups is 1. The Kier molecular flexibility index (Phi) is 13.3. The number of Topliss-reactive ketones (excluding diaryl/α,β-unsaturated/α-hetero) is 1. The second kappa shape index (κ2) is 15.3. The van der Waals surface area contributed by atoms with Gasteiger partial charge >= 0.3 is 0 Å². The lowest BCUT2D eigenvalue weighted by molar-refractivity contribution is -0.132. The molecule has 5 heteroatoms. The van der Waals surface area contributed by atoms with E-state index in [4.69, 9.17) is 9.47 Å². The summed E-state index contributed by atoms with van der Waals surface area (Å²) in [7, 11) is 0. The van der Waals surface area contributed by atoms with Gasteiger partial charge < -0.3 is 14.6 Å². The number of benzene rings is 1. The van der Waals surface area contributed by atoms with Crippen LogP contribution >= 0.6 is 0 Å². The molecular weight excluding hydrogens is 344 g/mol. The van der Waals surface area contributed by atoms with Gasteiger partial charge in [0.2, 0.25) is 0 Å². The number of ketones is 1. The van der Waals surface area contributed by atoms with Crippen molar-refractivity contribution in [2.24, 2.45) is 0 Å². The van der Waals surface area contributed by atoms with Crippen molar-refractivity contribution in [2.45, 2.75) is 64.3 Å². The lowest BCUT2D eigenvalue weighted by Crippen LogP contribution is -2.18. The minimum atomic E-state index is -0.732. The zero-order chi connectivity index (χ0) is 19.7. The lowest BCUT2D eigenvalue weighted by atomic mass is 10.0. The van der Waals surface area contributed by atoms with E-state index in [1.165, 1.54) is 6.42 Å². The Morgan fingerprint density at radius 1 is 1.19 bits per heavy atom. The quantitative estimate of drug-likeness (QED) is 0.332. The number of unbranched alkanes of at least 4 members (excludes halogenated alkanes) is 2. The van der Waals surface area contributed by atoms with Gasteiger partial charge in [-0.05, 0) is 31.2 Å². The molecule has 0 heterocycles. The van der Waals surface area contributed by atoms with Gasteiger partial charge in [-0.25, -0.2) is 0 Å². The molecule has 5 nitrogen and oxygen atoms in total. The number of ether oxygens (including phenoxy) is 2. The molecule has 0 aliphatic carbocycles. The van der Waals surface area contributed by atoms with E-state index in [9.17, 15) is 14.7 Å². The summed E-state index contributed by atoms with van der Waals surface area (Å²) in [6.07, 6.45) is 8.01. The van der Waals surface area contributed by atoms with Crippen LogP contribution in [0.25, 0.3) is 0 Å². The van der Waals surface area contributed by atoms with Crippen LogP contribution in [0.4, 0.5) is 0 Å². The molecule has 0 amide bonds. The fourth-order valence-corrected chi connectivity index (χ4v) is 2.55. The third-order valence-corrected chi connectivity index (χ3v) is 4.07.